The van der Waals surface area contributed by atoms with Gasteiger partial charge < -0.3 is 26.0 Å². The quantitative estimate of drug-likeness (QED) is 0.305. The Morgan fingerprint density at radius 3 is 2.77 bits per heavy atom. The Morgan fingerprint density at radius 1 is 1.27 bits per heavy atom. The molecule has 0 aromatic heterocycles. The number of rotatable bonds is 3. The molecule has 0 bridgehead atoms. The number of nitrogens with two attached hydrogens (primary N) is 1. The second kappa shape index (κ2) is 9.18. The number of fused-ring (bicyclic) bond motifs is 1. The molecule has 0 amide bonds. The summed E-state index contributed by atoms with van der Waals surface area (Å²) in [5.74, 6) is 0.350. The highest BCUT2D eigenvalue weighted by atomic mass is 16.5. The van der Waals surface area contributed by atoms with E-state index in [9.17, 15) is 10.1 Å². The molecule has 1 aromatic rings. The third-order valence-corrected chi connectivity index (χ3v) is 5.93. The van der Waals surface area contributed by atoms with E-state index in [1.807, 2.05) is 12.1 Å². The Bertz CT molecular complexity index is 905. The lowest BCUT2D eigenvalue weighted by molar-refractivity contribution is -0.140. The number of anilines is 2. The van der Waals surface area contributed by atoms with Gasteiger partial charge in [-0.15, -0.1) is 0 Å². The minimum atomic E-state index is -0.597. The van der Waals surface area contributed by atoms with Crippen molar-refractivity contribution < 1.29 is 9.53 Å². The Morgan fingerprint density at radius 2 is 2.03 bits per heavy atom. The molecule has 3 aliphatic rings. The van der Waals surface area contributed by atoms with Crippen LogP contribution in [0.25, 0.3) is 0 Å². The molecule has 4 rings (SSSR count). The molecule has 1 saturated heterocycles. The van der Waals surface area contributed by atoms with Crippen molar-refractivity contribution in [2.45, 2.75) is 32.1 Å². The van der Waals surface area contributed by atoms with Crippen molar-refractivity contribution in [2.24, 2.45) is 10.9 Å². The lowest BCUT2D eigenvalue weighted by Gasteiger charge is -2.34. The van der Waals surface area contributed by atoms with Gasteiger partial charge in [-0.1, -0.05) is 25.3 Å². The number of para-hydroxylation sites is 1. The van der Waals surface area contributed by atoms with Crippen LogP contribution in [0.15, 0.2) is 34.5 Å². The molecule has 8 heteroatoms. The number of ether oxygens (including phenoxy) is 1. The number of piperazine rings is 1. The fourth-order valence-corrected chi connectivity index (χ4v) is 4.24. The van der Waals surface area contributed by atoms with E-state index >= 15 is 0 Å². The van der Waals surface area contributed by atoms with Crippen molar-refractivity contribution in [1.29, 1.82) is 5.26 Å². The zero-order valence-electron chi connectivity index (χ0n) is 17.1. The number of aliphatic imine (C=N–C) groups is 1. The summed E-state index contributed by atoms with van der Waals surface area (Å²) >= 11 is 0. The van der Waals surface area contributed by atoms with E-state index in [-0.39, 0.29) is 5.57 Å². The number of carbonyl (C=O) groups is 1. The van der Waals surface area contributed by atoms with E-state index in [0.717, 1.165) is 39.0 Å². The molecule has 0 spiro atoms. The summed E-state index contributed by atoms with van der Waals surface area (Å²) in [7, 11) is 0. The van der Waals surface area contributed by atoms with Crippen molar-refractivity contribution in [3.63, 3.8) is 0 Å². The molecule has 1 saturated carbocycles. The van der Waals surface area contributed by atoms with Gasteiger partial charge in [0.05, 0.1) is 18.0 Å². The number of amidine groups is 1. The molecule has 4 N–H and O–H groups in total. The lowest BCUT2D eigenvalue weighted by Crippen LogP contribution is -2.48. The van der Waals surface area contributed by atoms with E-state index in [4.69, 9.17) is 15.5 Å². The van der Waals surface area contributed by atoms with Gasteiger partial charge in [-0.3, -0.25) is 0 Å². The van der Waals surface area contributed by atoms with Gasteiger partial charge in [0.15, 0.2) is 11.4 Å². The predicted octanol–water partition coefficient (Wildman–Crippen LogP) is 2.53. The third kappa shape index (κ3) is 4.26. The number of hydrogen-bond donors (Lipinski definition) is 3. The minimum absolute atomic E-state index is 0.0452. The Hall–Kier alpha value is -3.05. The average molecular weight is 409 g/mol. The van der Waals surface area contributed by atoms with Crippen LogP contribution in [0.5, 0.6) is 0 Å². The van der Waals surface area contributed by atoms with Crippen molar-refractivity contribution in [3.05, 3.63) is 29.5 Å². The fourth-order valence-electron chi connectivity index (χ4n) is 4.24. The zero-order valence-corrected chi connectivity index (χ0v) is 17.1. The van der Waals surface area contributed by atoms with Crippen molar-refractivity contribution in [3.8, 4) is 6.07 Å². The van der Waals surface area contributed by atoms with Gasteiger partial charge in [-0.2, -0.15) is 5.26 Å². The molecule has 2 fully saturated rings. The number of benzene rings is 1. The molecular weight excluding hydrogens is 380 g/mol. The Labute approximate surface area is 176 Å². The van der Waals surface area contributed by atoms with Gasteiger partial charge in [-0.05, 0) is 30.9 Å². The lowest BCUT2D eigenvalue weighted by atomic mass is 9.90. The monoisotopic (exact) mass is 408 g/mol. The molecule has 1 aromatic carbocycles. The first-order chi connectivity index (χ1) is 14.7. The fraction of sp³-hybridized carbons (Fsp3) is 0.500. The van der Waals surface area contributed by atoms with Gasteiger partial charge in [0, 0.05) is 26.2 Å². The number of esters is 1. The number of nitrogens with one attached hydrogen (secondary N) is 2. The first-order valence-corrected chi connectivity index (χ1v) is 10.7. The number of hydrogen-bond acceptors (Lipinski definition) is 8. The van der Waals surface area contributed by atoms with Crippen LogP contribution < -0.4 is 16.4 Å². The van der Waals surface area contributed by atoms with E-state index < -0.39 is 5.97 Å². The van der Waals surface area contributed by atoms with Crippen LogP contribution in [-0.4, -0.2) is 49.5 Å². The third-order valence-electron chi connectivity index (χ3n) is 5.93. The molecule has 0 unspecified atom stereocenters. The van der Waals surface area contributed by atoms with Gasteiger partial charge in [0.25, 0.3) is 0 Å². The number of nitrogen functional groups attached to an aromatic ring is 1. The topological polar surface area (TPSA) is 116 Å². The predicted molar refractivity (Wildman–Crippen MR) is 116 cm³/mol. The van der Waals surface area contributed by atoms with Crippen molar-refractivity contribution >= 4 is 28.9 Å². The van der Waals surface area contributed by atoms with Crippen LogP contribution >= 0.6 is 0 Å². The van der Waals surface area contributed by atoms with Gasteiger partial charge >= 0.3 is 5.97 Å². The standard InChI is InChI=1S/C22H28N6O2/c23-13-16(22(29)30-14-15-5-2-1-3-6-15)19-21(28-11-9-25-10-12-28)27-20-17(24)7-4-8-18(20)26-19/h4,7-8,15,25-26H,1-3,5-6,9-12,14,24H2. The maximum absolute atomic E-state index is 12.9. The van der Waals surface area contributed by atoms with Crippen LogP contribution in [-0.2, 0) is 9.53 Å². The number of nitriles is 1. The molecule has 1 aliphatic carbocycles. The van der Waals surface area contributed by atoms with E-state index in [2.05, 4.69) is 21.6 Å². The smallest absolute Gasteiger partial charge is 0.351 e. The molecule has 2 aliphatic heterocycles. The average Bonchev–Trinajstić information content (AvgIpc) is 2.79. The van der Waals surface area contributed by atoms with E-state index in [1.165, 1.54) is 19.3 Å². The second-order valence-electron chi connectivity index (χ2n) is 8.01. The molecule has 0 atom stereocenters. The summed E-state index contributed by atoms with van der Waals surface area (Å²) in [6.07, 6.45) is 5.74. The molecule has 8 nitrogen and oxygen atoms in total. The van der Waals surface area contributed by atoms with E-state index in [0.29, 0.717) is 41.1 Å². The SMILES string of the molecule is N#CC(C(=O)OCC1CCCCC1)=C1Nc2cccc(N)c2N=C1N1CCNCC1. The second-order valence-corrected chi connectivity index (χ2v) is 8.01. The normalized spacial score (nSPS) is 21.0. The Balaban J connectivity index is 1.64. The minimum Gasteiger partial charge on any atom is -0.461 e. The van der Waals surface area contributed by atoms with Crippen LogP contribution in [0, 0.1) is 17.2 Å². The molecular formula is C22H28N6O2. The summed E-state index contributed by atoms with van der Waals surface area (Å²) < 4.78 is 5.57. The number of carbonyl (C=O) groups excluding carboxylic acids is 1. The molecule has 158 valence electrons. The Kier molecular flexibility index (Phi) is 6.19. The van der Waals surface area contributed by atoms with Crippen molar-refractivity contribution in [2.75, 3.05) is 43.8 Å². The van der Waals surface area contributed by atoms with Crippen molar-refractivity contribution in [1.82, 2.24) is 10.2 Å². The van der Waals surface area contributed by atoms with Gasteiger partial charge in [0.1, 0.15) is 17.5 Å². The first kappa shape index (κ1) is 20.2. The van der Waals surface area contributed by atoms with Crippen LogP contribution in [0.2, 0.25) is 0 Å². The van der Waals surface area contributed by atoms with Crippen LogP contribution in [0.1, 0.15) is 32.1 Å². The molecule has 2 heterocycles. The highest BCUT2D eigenvalue weighted by Gasteiger charge is 2.30. The summed E-state index contributed by atoms with van der Waals surface area (Å²) in [6, 6.07) is 7.51. The van der Waals surface area contributed by atoms with Crippen LogP contribution in [0.3, 0.4) is 0 Å². The maximum Gasteiger partial charge on any atom is 0.351 e. The number of nitrogens with zero attached hydrogens (tertiary/aromatic N) is 3. The maximum atomic E-state index is 12.9. The summed E-state index contributed by atoms with van der Waals surface area (Å²) in [6.45, 7) is 3.42. The van der Waals surface area contributed by atoms with Gasteiger partial charge in [0.2, 0.25) is 0 Å². The first-order valence-electron chi connectivity index (χ1n) is 10.7. The summed E-state index contributed by atoms with van der Waals surface area (Å²) in [5, 5.41) is 16.4. The van der Waals surface area contributed by atoms with Gasteiger partial charge in [-0.25, -0.2) is 9.79 Å². The summed E-state index contributed by atoms with van der Waals surface area (Å²) in [4.78, 5) is 19.7. The molecule has 0 radical (unpaired) electrons. The largest absolute Gasteiger partial charge is 0.461 e. The van der Waals surface area contributed by atoms with E-state index in [1.54, 1.807) is 6.07 Å². The molecule has 30 heavy (non-hydrogen) atoms. The highest BCUT2D eigenvalue weighted by Crippen LogP contribution is 2.37. The zero-order chi connectivity index (χ0) is 20.9. The van der Waals surface area contributed by atoms with Crippen LogP contribution in [0.4, 0.5) is 17.1 Å². The highest BCUT2D eigenvalue weighted by molar-refractivity contribution is 6.13. The summed E-state index contributed by atoms with van der Waals surface area (Å²) in [5.41, 5.74) is 8.33.